The van der Waals surface area contributed by atoms with Gasteiger partial charge in [-0.1, -0.05) is 25.7 Å². The van der Waals surface area contributed by atoms with Gasteiger partial charge in [0.25, 0.3) is 5.92 Å². The van der Waals surface area contributed by atoms with E-state index >= 15 is 0 Å². The number of alkyl halides is 2. The van der Waals surface area contributed by atoms with Gasteiger partial charge in [-0.2, -0.15) is 0 Å². The van der Waals surface area contributed by atoms with Crippen molar-refractivity contribution in [1.29, 1.82) is 0 Å². The maximum Gasteiger partial charge on any atom is 0.282 e. The van der Waals surface area contributed by atoms with E-state index in [4.69, 9.17) is 5.11 Å². The summed E-state index contributed by atoms with van der Waals surface area (Å²) in [5.41, 5.74) is 0. The number of halogens is 2. The first-order valence-corrected chi connectivity index (χ1v) is 5.83. The normalized spacial score (nSPS) is 20.2. The highest BCUT2D eigenvalue weighted by molar-refractivity contribution is 4.71. The van der Waals surface area contributed by atoms with Gasteiger partial charge < -0.3 is 10.4 Å². The third-order valence-electron chi connectivity index (χ3n) is 3.02. The van der Waals surface area contributed by atoms with Gasteiger partial charge in [-0.3, -0.25) is 0 Å². The van der Waals surface area contributed by atoms with Crippen LogP contribution in [0.1, 0.15) is 38.5 Å². The number of rotatable bonds is 5. The van der Waals surface area contributed by atoms with Crippen LogP contribution in [0.5, 0.6) is 0 Å². The van der Waals surface area contributed by atoms with Crippen LogP contribution < -0.4 is 5.32 Å². The topological polar surface area (TPSA) is 32.3 Å². The Bertz CT molecular complexity index is 168. The molecule has 0 aliphatic heterocycles. The molecule has 0 heterocycles. The van der Waals surface area contributed by atoms with E-state index in [0.717, 1.165) is 12.8 Å². The number of aliphatic hydroxyl groups is 1. The van der Waals surface area contributed by atoms with Crippen molar-refractivity contribution in [2.45, 2.75) is 44.4 Å². The number of hydrogen-bond donors (Lipinski definition) is 2. The van der Waals surface area contributed by atoms with Crippen LogP contribution in [0.15, 0.2) is 0 Å². The zero-order valence-electron chi connectivity index (χ0n) is 9.14. The van der Waals surface area contributed by atoms with E-state index in [2.05, 4.69) is 5.32 Å². The van der Waals surface area contributed by atoms with Gasteiger partial charge in [0, 0.05) is 0 Å². The summed E-state index contributed by atoms with van der Waals surface area (Å²) in [5.74, 6) is -2.42. The summed E-state index contributed by atoms with van der Waals surface area (Å²) in [7, 11) is 0. The fraction of sp³-hybridized carbons (Fsp3) is 1.00. The molecule has 2 N–H and O–H groups in total. The van der Waals surface area contributed by atoms with Crippen LogP contribution in [0.4, 0.5) is 8.78 Å². The van der Waals surface area contributed by atoms with Crippen molar-refractivity contribution in [3.8, 4) is 0 Å². The Morgan fingerprint density at radius 2 is 1.73 bits per heavy atom. The van der Waals surface area contributed by atoms with Gasteiger partial charge in [-0.15, -0.1) is 0 Å². The average molecular weight is 221 g/mol. The van der Waals surface area contributed by atoms with Crippen LogP contribution in [0.3, 0.4) is 0 Å². The van der Waals surface area contributed by atoms with E-state index in [1.807, 2.05) is 0 Å². The van der Waals surface area contributed by atoms with Crippen LogP contribution in [-0.4, -0.2) is 30.7 Å². The Labute approximate surface area is 90.1 Å². The molecule has 0 aromatic heterocycles. The first-order chi connectivity index (χ1) is 7.14. The van der Waals surface area contributed by atoms with Crippen molar-refractivity contribution in [2.75, 3.05) is 19.7 Å². The minimum Gasteiger partial charge on any atom is -0.390 e. The highest BCUT2D eigenvalue weighted by atomic mass is 19.3. The highest BCUT2D eigenvalue weighted by Gasteiger charge is 2.27. The molecule has 4 heteroatoms. The van der Waals surface area contributed by atoms with Crippen molar-refractivity contribution in [3.63, 3.8) is 0 Å². The summed E-state index contributed by atoms with van der Waals surface area (Å²) in [6.45, 7) is -0.805. The van der Waals surface area contributed by atoms with Gasteiger partial charge in [-0.25, -0.2) is 8.78 Å². The SMILES string of the molecule is OCC(F)(F)CNCC1CCCCCC1. The summed E-state index contributed by atoms with van der Waals surface area (Å²) < 4.78 is 25.3. The molecule has 2 nitrogen and oxygen atoms in total. The van der Waals surface area contributed by atoms with Gasteiger partial charge in [-0.05, 0) is 25.3 Å². The number of aliphatic hydroxyl groups excluding tert-OH is 1. The third kappa shape index (κ3) is 5.42. The van der Waals surface area contributed by atoms with Gasteiger partial charge in [0.2, 0.25) is 0 Å². The van der Waals surface area contributed by atoms with Gasteiger partial charge in [0.05, 0.1) is 6.54 Å². The highest BCUT2D eigenvalue weighted by Crippen LogP contribution is 2.22. The summed E-state index contributed by atoms with van der Waals surface area (Å²) in [4.78, 5) is 0. The van der Waals surface area contributed by atoms with Crippen molar-refractivity contribution in [2.24, 2.45) is 5.92 Å². The Balaban J connectivity index is 2.13. The molecule has 1 fully saturated rings. The second kappa shape index (κ2) is 6.38. The van der Waals surface area contributed by atoms with Gasteiger partial charge >= 0.3 is 0 Å². The second-order valence-electron chi connectivity index (χ2n) is 4.50. The van der Waals surface area contributed by atoms with E-state index in [9.17, 15) is 8.78 Å². The molecule has 0 aromatic rings. The van der Waals surface area contributed by atoms with Crippen molar-refractivity contribution >= 4 is 0 Å². The summed E-state index contributed by atoms with van der Waals surface area (Å²) >= 11 is 0. The second-order valence-corrected chi connectivity index (χ2v) is 4.50. The van der Waals surface area contributed by atoms with E-state index in [0.29, 0.717) is 12.5 Å². The molecular formula is C11H21F2NO. The first kappa shape index (κ1) is 12.8. The largest absolute Gasteiger partial charge is 0.390 e. The lowest BCUT2D eigenvalue weighted by Gasteiger charge is -2.18. The smallest absolute Gasteiger partial charge is 0.282 e. The van der Waals surface area contributed by atoms with Crippen LogP contribution in [0.25, 0.3) is 0 Å². The lowest BCUT2D eigenvalue weighted by atomic mass is 10.0. The van der Waals surface area contributed by atoms with Crippen LogP contribution >= 0.6 is 0 Å². The first-order valence-electron chi connectivity index (χ1n) is 5.83. The zero-order chi connectivity index (χ0) is 11.1. The fourth-order valence-corrected chi connectivity index (χ4v) is 2.08. The fourth-order valence-electron chi connectivity index (χ4n) is 2.08. The predicted octanol–water partition coefficient (Wildman–Crippen LogP) is 2.17. The van der Waals surface area contributed by atoms with Gasteiger partial charge in [0.15, 0.2) is 0 Å². The average Bonchev–Trinajstić information content (AvgIpc) is 2.46. The minimum absolute atomic E-state index is 0.403. The molecule has 1 aliphatic rings. The molecule has 0 spiro atoms. The monoisotopic (exact) mass is 221 g/mol. The number of hydrogen-bond acceptors (Lipinski definition) is 2. The van der Waals surface area contributed by atoms with Crippen molar-refractivity contribution < 1.29 is 13.9 Å². The summed E-state index contributed by atoms with van der Waals surface area (Å²) in [6.07, 6.45) is 7.31. The molecule has 0 amide bonds. The lowest BCUT2D eigenvalue weighted by Crippen LogP contribution is -2.37. The molecule has 0 radical (unpaired) electrons. The van der Waals surface area contributed by atoms with Crippen molar-refractivity contribution in [3.05, 3.63) is 0 Å². The molecule has 0 bridgehead atoms. The van der Waals surface area contributed by atoms with E-state index in [1.165, 1.54) is 25.7 Å². The minimum atomic E-state index is -2.97. The summed E-state index contributed by atoms with van der Waals surface area (Å²) in [5, 5.41) is 11.2. The maximum atomic E-state index is 12.7. The van der Waals surface area contributed by atoms with E-state index < -0.39 is 19.1 Å². The van der Waals surface area contributed by atoms with Crippen LogP contribution in [-0.2, 0) is 0 Å². The molecule has 0 saturated heterocycles. The van der Waals surface area contributed by atoms with Crippen molar-refractivity contribution in [1.82, 2.24) is 5.32 Å². The van der Waals surface area contributed by atoms with Crippen LogP contribution in [0, 0.1) is 5.92 Å². The molecule has 1 rings (SSSR count). The standard InChI is InChI=1S/C11H21F2NO/c12-11(13,9-15)8-14-7-10-5-3-1-2-4-6-10/h10,14-15H,1-9H2. The Hall–Kier alpha value is -0.220. The Kier molecular flexibility index (Phi) is 5.47. The third-order valence-corrected chi connectivity index (χ3v) is 3.02. The lowest BCUT2D eigenvalue weighted by molar-refractivity contribution is -0.0480. The van der Waals surface area contributed by atoms with E-state index in [1.54, 1.807) is 0 Å². The maximum absolute atomic E-state index is 12.7. The van der Waals surface area contributed by atoms with E-state index in [-0.39, 0.29) is 0 Å². The van der Waals surface area contributed by atoms with Gasteiger partial charge in [0.1, 0.15) is 6.61 Å². The molecule has 90 valence electrons. The Morgan fingerprint density at radius 3 is 2.27 bits per heavy atom. The molecule has 15 heavy (non-hydrogen) atoms. The predicted molar refractivity (Wildman–Crippen MR) is 56.1 cm³/mol. The molecular weight excluding hydrogens is 200 g/mol. The molecule has 0 unspecified atom stereocenters. The molecule has 0 aromatic carbocycles. The Morgan fingerprint density at radius 1 is 1.13 bits per heavy atom. The van der Waals surface area contributed by atoms with Crippen LogP contribution in [0.2, 0.25) is 0 Å². The molecule has 1 aliphatic carbocycles. The molecule has 1 saturated carbocycles. The summed E-state index contributed by atoms with van der Waals surface area (Å²) in [6, 6.07) is 0. The molecule has 0 atom stereocenters. The number of nitrogens with one attached hydrogen (secondary N) is 1. The quantitative estimate of drug-likeness (QED) is 0.697. The zero-order valence-corrected chi connectivity index (χ0v) is 9.14.